The van der Waals surface area contributed by atoms with Crippen molar-refractivity contribution in [3.05, 3.63) is 66.3 Å². The van der Waals surface area contributed by atoms with E-state index in [0.717, 1.165) is 24.0 Å². The highest BCUT2D eigenvalue weighted by molar-refractivity contribution is 14.1. The number of halogens is 2. The molecule has 0 saturated heterocycles. The van der Waals surface area contributed by atoms with Crippen molar-refractivity contribution in [2.24, 2.45) is 0 Å². The molecular weight excluding hydrogens is 530 g/mol. The Morgan fingerprint density at radius 2 is 1.88 bits per heavy atom. The van der Waals surface area contributed by atoms with E-state index in [4.69, 9.17) is 10.00 Å². The van der Waals surface area contributed by atoms with Crippen molar-refractivity contribution >= 4 is 57.2 Å². The molecule has 0 atom stereocenters. The molecule has 0 aliphatic heterocycles. The van der Waals surface area contributed by atoms with Crippen molar-refractivity contribution in [3.63, 3.8) is 0 Å². The van der Waals surface area contributed by atoms with Crippen LogP contribution in [0.4, 0.5) is 0 Å². The van der Waals surface area contributed by atoms with Crippen molar-refractivity contribution in [2.75, 3.05) is 7.05 Å². The molecule has 0 aliphatic carbocycles. The van der Waals surface area contributed by atoms with Gasteiger partial charge in [0.05, 0.1) is 7.14 Å². The molecule has 0 fully saturated rings. The van der Waals surface area contributed by atoms with Gasteiger partial charge >= 0.3 is 0 Å². The molecule has 0 unspecified atom stereocenters. The summed E-state index contributed by atoms with van der Waals surface area (Å²) in [6, 6.07) is 15.6. The van der Waals surface area contributed by atoms with Crippen molar-refractivity contribution in [2.45, 2.75) is 6.61 Å². The number of rotatable bonds is 5. The van der Waals surface area contributed by atoms with Gasteiger partial charge in [-0.3, -0.25) is 4.79 Å². The lowest BCUT2D eigenvalue weighted by molar-refractivity contribution is -0.116. The molecule has 24 heavy (non-hydrogen) atoms. The number of hydrogen-bond acceptors (Lipinski definition) is 3. The van der Waals surface area contributed by atoms with Crippen LogP contribution in [0.3, 0.4) is 0 Å². The summed E-state index contributed by atoms with van der Waals surface area (Å²) >= 11 is 4.39. The third-order valence-corrected chi connectivity index (χ3v) is 4.75. The van der Waals surface area contributed by atoms with Crippen LogP contribution in [0, 0.1) is 18.5 Å². The van der Waals surface area contributed by atoms with E-state index in [-0.39, 0.29) is 5.57 Å². The van der Waals surface area contributed by atoms with Gasteiger partial charge in [0, 0.05) is 7.05 Å². The summed E-state index contributed by atoms with van der Waals surface area (Å²) in [5.41, 5.74) is 1.96. The topological polar surface area (TPSA) is 62.1 Å². The highest BCUT2D eigenvalue weighted by Gasteiger charge is 2.11. The molecule has 0 aromatic heterocycles. The average Bonchev–Trinajstić information content (AvgIpc) is 2.59. The number of carbonyl (C=O) groups excluding carboxylic acids is 1. The molecule has 0 radical (unpaired) electrons. The molecule has 0 aliphatic rings. The lowest BCUT2D eigenvalue weighted by atomic mass is 10.1. The summed E-state index contributed by atoms with van der Waals surface area (Å²) in [6.45, 7) is 0.490. The fourth-order valence-electron chi connectivity index (χ4n) is 1.98. The van der Waals surface area contributed by atoms with Gasteiger partial charge in [-0.1, -0.05) is 30.3 Å². The van der Waals surface area contributed by atoms with Crippen LogP contribution in [-0.4, -0.2) is 13.0 Å². The van der Waals surface area contributed by atoms with E-state index in [9.17, 15) is 4.79 Å². The highest BCUT2D eigenvalue weighted by atomic mass is 127. The predicted molar refractivity (Wildman–Crippen MR) is 110 cm³/mol. The number of ether oxygens (including phenoxy) is 1. The monoisotopic (exact) mass is 544 g/mol. The molecule has 1 N–H and O–H groups in total. The first-order valence-electron chi connectivity index (χ1n) is 7.04. The third-order valence-electron chi connectivity index (χ3n) is 3.15. The molecule has 6 heteroatoms. The number of amides is 1. The zero-order valence-electron chi connectivity index (χ0n) is 12.8. The lowest BCUT2D eigenvalue weighted by Crippen LogP contribution is -2.19. The molecule has 4 nitrogen and oxygen atoms in total. The zero-order valence-corrected chi connectivity index (χ0v) is 17.2. The van der Waals surface area contributed by atoms with Crippen LogP contribution in [0.25, 0.3) is 6.08 Å². The summed E-state index contributed by atoms with van der Waals surface area (Å²) in [6.07, 6.45) is 1.57. The maximum atomic E-state index is 11.6. The highest BCUT2D eigenvalue weighted by Crippen LogP contribution is 2.30. The Hall–Kier alpha value is -1.60. The minimum Gasteiger partial charge on any atom is -0.487 e. The molecule has 0 heterocycles. The van der Waals surface area contributed by atoms with E-state index in [1.807, 2.05) is 48.5 Å². The maximum absolute atomic E-state index is 11.6. The van der Waals surface area contributed by atoms with Crippen molar-refractivity contribution < 1.29 is 9.53 Å². The van der Waals surface area contributed by atoms with E-state index in [1.165, 1.54) is 7.05 Å². The van der Waals surface area contributed by atoms with Gasteiger partial charge in [-0.25, -0.2) is 0 Å². The van der Waals surface area contributed by atoms with Gasteiger partial charge in [0.25, 0.3) is 5.91 Å². The lowest BCUT2D eigenvalue weighted by Gasteiger charge is -2.11. The van der Waals surface area contributed by atoms with Crippen LogP contribution >= 0.6 is 45.2 Å². The van der Waals surface area contributed by atoms with Crippen molar-refractivity contribution in [1.82, 2.24) is 5.32 Å². The average molecular weight is 544 g/mol. The predicted octanol–water partition coefficient (Wildman–Crippen LogP) is 4.13. The second-order valence-corrected chi connectivity index (χ2v) is 7.16. The van der Waals surface area contributed by atoms with Crippen LogP contribution in [-0.2, 0) is 11.4 Å². The number of nitrogens with one attached hydrogen (secondary N) is 1. The molecule has 0 saturated carbocycles. The molecule has 0 spiro atoms. The fraction of sp³-hybridized carbons (Fsp3) is 0.111. The molecule has 122 valence electrons. The molecule has 2 rings (SSSR count). The fourth-order valence-corrected chi connectivity index (χ4v) is 4.11. The minimum absolute atomic E-state index is 0.0713. The van der Waals surface area contributed by atoms with Gasteiger partial charge < -0.3 is 10.1 Å². The first kappa shape index (κ1) is 18.7. The van der Waals surface area contributed by atoms with Gasteiger partial charge in [0.15, 0.2) is 0 Å². The summed E-state index contributed by atoms with van der Waals surface area (Å²) in [7, 11) is 1.50. The van der Waals surface area contributed by atoms with E-state index in [2.05, 4.69) is 50.5 Å². The van der Waals surface area contributed by atoms with Crippen LogP contribution in [0.5, 0.6) is 5.75 Å². The SMILES string of the molecule is CNC(=O)/C(C#N)=C\c1cc(I)c(OCc2ccccc2)c(I)c1. The quantitative estimate of drug-likeness (QED) is 0.350. The van der Waals surface area contributed by atoms with Gasteiger partial charge in [0.2, 0.25) is 0 Å². The second kappa shape index (κ2) is 9.03. The molecule has 0 bridgehead atoms. The van der Waals surface area contributed by atoms with E-state index in [1.54, 1.807) is 6.08 Å². The van der Waals surface area contributed by atoms with Crippen molar-refractivity contribution in [1.29, 1.82) is 5.26 Å². The first-order chi connectivity index (χ1) is 11.5. The van der Waals surface area contributed by atoms with E-state index >= 15 is 0 Å². The van der Waals surface area contributed by atoms with Gasteiger partial charge in [0.1, 0.15) is 24.0 Å². The van der Waals surface area contributed by atoms with Crippen LogP contribution < -0.4 is 10.1 Å². The molecule has 2 aromatic rings. The molecule has 1 amide bonds. The van der Waals surface area contributed by atoms with E-state index in [0.29, 0.717) is 6.61 Å². The van der Waals surface area contributed by atoms with Gasteiger partial charge in [-0.2, -0.15) is 5.26 Å². The second-order valence-electron chi connectivity index (χ2n) is 4.84. The van der Waals surface area contributed by atoms with Crippen LogP contribution in [0.15, 0.2) is 48.0 Å². The number of hydrogen-bond donors (Lipinski definition) is 1. The largest absolute Gasteiger partial charge is 0.487 e. The Bertz CT molecular complexity index is 789. The zero-order chi connectivity index (χ0) is 17.5. The normalized spacial score (nSPS) is 10.8. The standard InChI is InChI=1S/C18H14I2N2O2/c1-22-18(23)14(10-21)7-13-8-15(19)17(16(20)9-13)24-11-12-5-3-2-4-6-12/h2-9H,11H2,1H3,(H,22,23)/b14-7-. The Morgan fingerprint density at radius 1 is 1.25 bits per heavy atom. The summed E-state index contributed by atoms with van der Waals surface area (Å²) in [5.74, 6) is 0.405. The molecular formula is C18H14I2N2O2. The Labute approximate surface area is 168 Å². The first-order valence-corrected chi connectivity index (χ1v) is 9.20. The number of nitrogens with zero attached hydrogens (tertiary/aromatic N) is 1. The Kier molecular flexibility index (Phi) is 7.05. The van der Waals surface area contributed by atoms with Crippen LogP contribution in [0.2, 0.25) is 0 Å². The van der Waals surface area contributed by atoms with Gasteiger partial charge in [-0.15, -0.1) is 0 Å². The Morgan fingerprint density at radius 3 is 2.42 bits per heavy atom. The Balaban J connectivity index is 2.24. The summed E-state index contributed by atoms with van der Waals surface area (Å²) in [4.78, 5) is 11.6. The third kappa shape index (κ3) is 4.95. The van der Waals surface area contributed by atoms with Gasteiger partial charge in [-0.05, 0) is 74.5 Å². The molecule has 2 aromatic carbocycles. The smallest absolute Gasteiger partial charge is 0.261 e. The van der Waals surface area contributed by atoms with Crippen LogP contribution in [0.1, 0.15) is 11.1 Å². The number of nitriles is 1. The number of benzene rings is 2. The summed E-state index contributed by atoms with van der Waals surface area (Å²) in [5, 5.41) is 11.5. The van der Waals surface area contributed by atoms with Crippen molar-refractivity contribution in [3.8, 4) is 11.8 Å². The van der Waals surface area contributed by atoms with E-state index < -0.39 is 5.91 Å². The number of carbonyl (C=O) groups is 1. The number of likely N-dealkylation sites (N-methyl/N-ethyl adjacent to an activating group) is 1. The maximum Gasteiger partial charge on any atom is 0.261 e. The summed E-state index contributed by atoms with van der Waals surface area (Å²) < 4.78 is 7.78. The minimum atomic E-state index is -0.396.